The Morgan fingerprint density at radius 1 is 1.56 bits per heavy atom. The number of methoxy groups -OCH3 is 1. The van der Waals surface area contributed by atoms with E-state index in [1.54, 1.807) is 24.1 Å². The van der Waals surface area contributed by atoms with Crippen LogP contribution in [-0.4, -0.2) is 42.7 Å². The van der Waals surface area contributed by atoms with Gasteiger partial charge in [-0.1, -0.05) is 0 Å². The monoisotopic (exact) mass is 252 g/mol. The highest BCUT2D eigenvalue weighted by atomic mass is 16.5. The Morgan fingerprint density at radius 2 is 2.22 bits per heavy atom. The fourth-order valence-electron chi connectivity index (χ4n) is 1.64. The summed E-state index contributed by atoms with van der Waals surface area (Å²) in [6.07, 6.45) is 0.721. The first-order valence-corrected chi connectivity index (χ1v) is 5.85. The lowest BCUT2D eigenvalue weighted by atomic mass is 10.1. The molecule has 0 aromatic heterocycles. The smallest absolute Gasteiger partial charge is 0.257 e. The SMILES string of the molecule is COc1ccc(C(=O)N(C)C(C)CCN)c(O)c1. The molecule has 1 aromatic carbocycles. The van der Waals surface area contributed by atoms with Crippen molar-refractivity contribution in [3.63, 3.8) is 0 Å². The molecule has 0 saturated carbocycles. The molecule has 0 fully saturated rings. The number of carbonyl (C=O) groups excluding carboxylic acids is 1. The van der Waals surface area contributed by atoms with Crippen LogP contribution in [0.5, 0.6) is 11.5 Å². The van der Waals surface area contributed by atoms with Crippen LogP contribution in [0.2, 0.25) is 0 Å². The van der Waals surface area contributed by atoms with E-state index in [0.717, 1.165) is 6.42 Å². The topological polar surface area (TPSA) is 75.8 Å². The number of phenols is 1. The molecular formula is C13H20N2O3. The van der Waals surface area contributed by atoms with Gasteiger partial charge in [-0.05, 0) is 32.0 Å². The number of benzene rings is 1. The van der Waals surface area contributed by atoms with Gasteiger partial charge < -0.3 is 20.5 Å². The maximum Gasteiger partial charge on any atom is 0.257 e. The third kappa shape index (κ3) is 3.13. The van der Waals surface area contributed by atoms with Crippen molar-refractivity contribution >= 4 is 5.91 Å². The van der Waals surface area contributed by atoms with E-state index in [4.69, 9.17) is 10.5 Å². The average molecular weight is 252 g/mol. The molecule has 0 aliphatic rings. The van der Waals surface area contributed by atoms with Crippen LogP contribution in [0.25, 0.3) is 0 Å². The van der Waals surface area contributed by atoms with Crippen molar-refractivity contribution in [2.24, 2.45) is 5.73 Å². The molecule has 0 bridgehead atoms. The molecule has 3 N–H and O–H groups in total. The Labute approximate surface area is 107 Å². The summed E-state index contributed by atoms with van der Waals surface area (Å²) < 4.78 is 4.97. The molecule has 1 amide bonds. The largest absolute Gasteiger partial charge is 0.507 e. The van der Waals surface area contributed by atoms with Gasteiger partial charge in [0.1, 0.15) is 11.5 Å². The zero-order valence-electron chi connectivity index (χ0n) is 11.0. The number of hydrogen-bond acceptors (Lipinski definition) is 4. The third-order valence-electron chi connectivity index (χ3n) is 3.00. The van der Waals surface area contributed by atoms with E-state index in [1.165, 1.54) is 13.2 Å². The minimum atomic E-state index is -0.226. The van der Waals surface area contributed by atoms with Crippen LogP contribution in [0.3, 0.4) is 0 Å². The fourth-order valence-corrected chi connectivity index (χ4v) is 1.64. The minimum Gasteiger partial charge on any atom is -0.507 e. The lowest BCUT2D eigenvalue weighted by Gasteiger charge is -2.25. The second kappa shape index (κ2) is 6.26. The maximum absolute atomic E-state index is 12.2. The van der Waals surface area contributed by atoms with E-state index >= 15 is 0 Å². The van der Waals surface area contributed by atoms with Gasteiger partial charge in [0.05, 0.1) is 12.7 Å². The van der Waals surface area contributed by atoms with Crippen molar-refractivity contribution in [3.8, 4) is 11.5 Å². The molecule has 1 atom stereocenters. The van der Waals surface area contributed by atoms with Gasteiger partial charge >= 0.3 is 0 Å². The van der Waals surface area contributed by atoms with E-state index in [2.05, 4.69) is 0 Å². The normalized spacial score (nSPS) is 12.0. The molecule has 5 nitrogen and oxygen atoms in total. The van der Waals surface area contributed by atoms with Crippen LogP contribution in [0.1, 0.15) is 23.7 Å². The average Bonchev–Trinajstić information content (AvgIpc) is 2.37. The van der Waals surface area contributed by atoms with Crippen molar-refractivity contribution < 1.29 is 14.6 Å². The molecule has 1 rings (SSSR count). The van der Waals surface area contributed by atoms with Crippen LogP contribution in [0.15, 0.2) is 18.2 Å². The van der Waals surface area contributed by atoms with Crippen molar-refractivity contribution in [2.45, 2.75) is 19.4 Å². The molecule has 0 aliphatic heterocycles. The highest BCUT2D eigenvalue weighted by molar-refractivity contribution is 5.97. The highest BCUT2D eigenvalue weighted by Gasteiger charge is 2.20. The predicted molar refractivity (Wildman–Crippen MR) is 69.9 cm³/mol. The van der Waals surface area contributed by atoms with Gasteiger partial charge in [-0.25, -0.2) is 0 Å². The molecule has 0 aliphatic carbocycles. The number of aromatic hydroxyl groups is 1. The Kier molecular flexibility index (Phi) is 4.97. The van der Waals surface area contributed by atoms with E-state index in [-0.39, 0.29) is 23.3 Å². The summed E-state index contributed by atoms with van der Waals surface area (Å²) in [4.78, 5) is 13.7. The van der Waals surface area contributed by atoms with Crippen LogP contribution in [0.4, 0.5) is 0 Å². The summed E-state index contributed by atoms with van der Waals surface area (Å²) in [6, 6.07) is 4.66. The summed E-state index contributed by atoms with van der Waals surface area (Å²) in [7, 11) is 3.21. The number of nitrogens with zero attached hydrogens (tertiary/aromatic N) is 1. The zero-order chi connectivity index (χ0) is 13.7. The Hall–Kier alpha value is -1.75. The quantitative estimate of drug-likeness (QED) is 0.826. The Morgan fingerprint density at radius 3 is 2.72 bits per heavy atom. The van der Waals surface area contributed by atoms with E-state index < -0.39 is 0 Å². The van der Waals surface area contributed by atoms with Gasteiger partial charge in [-0.3, -0.25) is 4.79 Å². The summed E-state index contributed by atoms with van der Waals surface area (Å²) in [5.74, 6) is 0.212. The van der Waals surface area contributed by atoms with Gasteiger partial charge in [0, 0.05) is 19.2 Å². The first-order chi connectivity index (χ1) is 8.51. The van der Waals surface area contributed by atoms with Gasteiger partial charge in [0.15, 0.2) is 0 Å². The number of rotatable bonds is 5. The lowest BCUT2D eigenvalue weighted by Crippen LogP contribution is -2.36. The van der Waals surface area contributed by atoms with Gasteiger partial charge in [0.2, 0.25) is 0 Å². The molecule has 18 heavy (non-hydrogen) atoms. The molecule has 0 radical (unpaired) electrons. The number of ether oxygens (including phenoxy) is 1. The van der Waals surface area contributed by atoms with E-state index in [9.17, 15) is 9.90 Å². The van der Waals surface area contributed by atoms with E-state index in [1.807, 2.05) is 6.92 Å². The first kappa shape index (κ1) is 14.3. The van der Waals surface area contributed by atoms with Gasteiger partial charge in [-0.2, -0.15) is 0 Å². The van der Waals surface area contributed by atoms with Crippen LogP contribution in [0, 0.1) is 0 Å². The third-order valence-corrected chi connectivity index (χ3v) is 3.00. The summed E-state index contributed by atoms with van der Waals surface area (Å²) in [6.45, 7) is 2.44. The Balaban J connectivity index is 2.90. The lowest BCUT2D eigenvalue weighted by molar-refractivity contribution is 0.0736. The molecule has 0 heterocycles. The molecule has 1 aromatic rings. The maximum atomic E-state index is 12.2. The standard InChI is InChI=1S/C13H20N2O3/c1-9(6-7-14)15(2)13(17)11-5-4-10(18-3)8-12(11)16/h4-5,8-9,16H,6-7,14H2,1-3H3. The minimum absolute atomic E-state index is 0.0315. The molecule has 0 spiro atoms. The highest BCUT2D eigenvalue weighted by Crippen LogP contribution is 2.24. The van der Waals surface area contributed by atoms with Crippen molar-refractivity contribution in [2.75, 3.05) is 20.7 Å². The first-order valence-electron chi connectivity index (χ1n) is 5.85. The number of nitrogens with two attached hydrogens (primary N) is 1. The van der Waals surface area contributed by atoms with Gasteiger partial charge in [-0.15, -0.1) is 0 Å². The number of phenolic OH excluding ortho intramolecular Hbond substituents is 1. The van der Waals surface area contributed by atoms with E-state index in [0.29, 0.717) is 12.3 Å². The number of hydrogen-bond donors (Lipinski definition) is 2. The summed E-state index contributed by atoms with van der Waals surface area (Å²) in [5.41, 5.74) is 5.74. The second-order valence-corrected chi connectivity index (χ2v) is 4.23. The fraction of sp³-hybridized carbons (Fsp3) is 0.462. The zero-order valence-corrected chi connectivity index (χ0v) is 11.0. The molecule has 0 saturated heterocycles. The molecule has 100 valence electrons. The van der Waals surface area contributed by atoms with Crippen molar-refractivity contribution in [1.29, 1.82) is 0 Å². The van der Waals surface area contributed by atoms with Crippen LogP contribution in [-0.2, 0) is 0 Å². The molecular weight excluding hydrogens is 232 g/mol. The van der Waals surface area contributed by atoms with Gasteiger partial charge in [0.25, 0.3) is 5.91 Å². The van der Waals surface area contributed by atoms with Crippen molar-refractivity contribution in [3.05, 3.63) is 23.8 Å². The summed E-state index contributed by atoms with van der Waals surface area (Å²) >= 11 is 0. The number of amides is 1. The van der Waals surface area contributed by atoms with Crippen molar-refractivity contribution in [1.82, 2.24) is 4.90 Å². The predicted octanol–water partition coefficient (Wildman–Crippen LogP) is 1.21. The van der Waals surface area contributed by atoms with Crippen LogP contribution >= 0.6 is 0 Å². The second-order valence-electron chi connectivity index (χ2n) is 4.23. The number of carbonyl (C=O) groups is 1. The summed E-state index contributed by atoms with van der Waals surface area (Å²) in [5, 5.41) is 9.80. The molecule has 1 unspecified atom stereocenters. The molecule has 5 heteroatoms. The Bertz CT molecular complexity index is 421. The van der Waals surface area contributed by atoms with Crippen LogP contribution < -0.4 is 10.5 Å².